The number of pyridine rings is 1. The highest BCUT2D eigenvalue weighted by atomic mass is 19.4. The molecule has 0 bridgehead atoms. The fourth-order valence-electron chi connectivity index (χ4n) is 5.54. The number of halogens is 3. The van der Waals surface area contributed by atoms with E-state index in [-0.39, 0.29) is 29.1 Å². The van der Waals surface area contributed by atoms with Crippen molar-refractivity contribution in [1.82, 2.24) is 34.5 Å². The predicted octanol–water partition coefficient (Wildman–Crippen LogP) is 4.56. The smallest absolute Gasteiger partial charge is 0.383 e. The van der Waals surface area contributed by atoms with Gasteiger partial charge in [-0.3, -0.25) is 14.5 Å². The van der Waals surface area contributed by atoms with Crippen molar-refractivity contribution in [2.45, 2.75) is 43.9 Å². The molecular weight excluding hydrogens is 587 g/mol. The van der Waals surface area contributed by atoms with Gasteiger partial charge < -0.3 is 16.0 Å². The summed E-state index contributed by atoms with van der Waals surface area (Å²) in [5.41, 5.74) is 7.28. The van der Waals surface area contributed by atoms with Crippen molar-refractivity contribution in [3.8, 4) is 11.3 Å². The lowest BCUT2D eigenvalue weighted by molar-refractivity contribution is -0.137. The summed E-state index contributed by atoms with van der Waals surface area (Å²) in [6.07, 6.45) is 5.38. The number of nitrogens with two attached hydrogens (primary N) is 1. The number of carbonyl (C=O) groups excluding carboxylic acids is 2. The third kappa shape index (κ3) is 6.65. The molecule has 2 aliphatic rings. The molecule has 1 unspecified atom stereocenters. The van der Waals surface area contributed by atoms with Crippen molar-refractivity contribution in [2.24, 2.45) is 0 Å². The fourth-order valence-corrected chi connectivity index (χ4v) is 5.54. The summed E-state index contributed by atoms with van der Waals surface area (Å²) < 4.78 is 41.0. The number of fused-ring (bicyclic) bond motifs is 1. The van der Waals surface area contributed by atoms with Crippen LogP contribution in [0.3, 0.4) is 0 Å². The number of nitrogens with zero attached hydrogens (tertiary/aromatic N) is 7. The third-order valence-electron chi connectivity index (χ3n) is 8.15. The van der Waals surface area contributed by atoms with Gasteiger partial charge in [0.15, 0.2) is 5.65 Å². The van der Waals surface area contributed by atoms with Gasteiger partial charge in [0.25, 0.3) is 5.91 Å². The lowest BCUT2D eigenvalue weighted by Crippen LogP contribution is -2.40. The first-order valence-electron chi connectivity index (χ1n) is 14.7. The molecule has 1 aromatic carbocycles. The summed E-state index contributed by atoms with van der Waals surface area (Å²) >= 11 is 0. The highest BCUT2D eigenvalue weighted by Crippen LogP contribution is 2.34. The minimum Gasteiger partial charge on any atom is -0.383 e. The van der Waals surface area contributed by atoms with Gasteiger partial charge in [0.1, 0.15) is 23.7 Å². The summed E-state index contributed by atoms with van der Waals surface area (Å²) in [6.45, 7) is 1.85. The zero-order valence-corrected chi connectivity index (χ0v) is 24.5. The Hall–Kier alpha value is -4.85. The molecule has 4 heterocycles. The molecule has 4 aromatic rings. The molecule has 1 saturated heterocycles. The molecule has 1 aliphatic heterocycles. The average molecular weight is 620 g/mol. The number of anilines is 2. The van der Waals surface area contributed by atoms with Gasteiger partial charge >= 0.3 is 6.18 Å². The molecule has 1 atom stereocenters. The number of likely N-dealkylation sites (tertiary alicyclic amines) is 1. The van der Waals surface area contributed by atoms with Crippen LogP contribution in [-0.4, -0.2) is 79.1 Å². The van der Waals surface area contributed by atoms with Crippen LogP contribution >= 0.6 is 0 Å². The van der Waals surface area contributed by atoms with Crippen molar-refractivity contribution >= 4 is 34.5 Å². The van der Waals surface area contributed by atoms with Crippen LogP contribution < -0.4 is 11.1 Å². The Kier molecular flexibility index (Phi) is 8.23. The van der Waals surface area contributed by atoms with E-state index in [1.165, 1.54) is 31.3 Å². The standard InChI is InChI=1S/C31H32F3N9O2/c1-41(22-10-11-22)14-3-5-25(44)42-15-2-4-23(17-42)43-29-26(28(35)37-18-38-29)27(40-43)19-6-8-20(9-7-19)30(45)39-24-16-21(12-13-36-24)31(32,33)34/h3,5-9,12-13,16,18,22-23H,2,4,10-11,14-15,17H2,1H3,(H2,35,37,38)(H,36,39,45). The first-order valence-corrected chi connectivity index (χ1v) is 14.7. The number of likely N-dealkylation sites (N-methyl/N-ethyl adjacent to an activating group) is 1. The molecule has 3 aromatic heterocycles. The Morgan fingerprint density at radius 2 is 1.89 bits per heavy atom. The maximum atomic E-state index is 13.1. The summed E-state index contributed by atoms with van der Waals surface area (Å²) in [5.74, 6) is -0.629. The molecule has 6 rings (SSSR count). The van der Waals surface area contributed by atoms with E-state index in [0.29, 0.717) is 41.4 Å². The summed E-state index contributed by atoms with van der Waals surface area (Å²) in [7, 11) is 2.07. The summed E-state index contributed by atoms with van der Waals surface area (Å²) in [6, 6.07) is 8.52. The topological polar surface area (TPSA) is 135 Å². The van der Waals surface area contributed by atoms with Gasteiger partial charge in [0, 0.05) is 49.1 Å². The van der Waals surface area contributed by atoms with Crippen molar-refractivity contribution in [2.75, 3.05) is 37.7 Å². The number of nitrogens with one attached hydrogen (secondary N) is 1. The number of hydrogen-bond donors (Lipinski definition) is 2. The lowest BCUT2D eigenvalue weighted by atomic mass is 10.1. The maximum Gasteiger partial charge on any atom is 0.416 e. The van der Waals surface area contributed by atoms with Gasteiger partial charge in [-0.25, -0.2) is 19.6 Å². The Balaban J connectivity index is 1.20. The largest absolute Gasteiger partial charge is 0.416 e. The van der Waals surface area contributed by atoms with Crippen molar-refractivity contribution in [3.63, 3.8) is 0 Å². The van der Waals surface area contributed by atoms with Crippen LogP contribution in [-0.2, 0) is 11.0 Å². The Bertz CT molecular complexity index is 1750. The Labute approximate surface area is 256 Å². The summed E-state index contributed by atoms with van der Waals surface area (Å²) in [4.78, 5) is 42.3. The second-order valence-corrected chi connectivity index (χ2v) is 11.4. The van der Waals surface area contributed by atoms with Crippen LogP contribution in [0.25, 0.3) is 22.3 Å². The number of amides is 2. The van der Waals surface area contributed by atoms with E-state index in [2.05, 4.69) is 32.2 Å². The molecule has 0 spiro atoms. The van der Waals surface area contributed by atoms with Gasteiger partial charge in [-0.05, 0) is 57.0 Å². The number of hydrogen-bond acceptors (Lipinski definition) is 8. The number of rotatable bonds is 8. The number of alkyl halides is 3. The molecule has 2 fully saturated rings. The molecule has 1 aliphatic carbocycles. The van der Waals surface area contributed by atoms with Crippen molar-refractivity contribution in [1.29, 1.82) is 0 Å². The molecule has 3 N–H and O–H groups in total. The van der Waals surface area contributed by atoms with Gasteiger partial charge in [-0.15, -0.1) is 0 Å². The van der Waals surface area contributed by atoms with Crippen LogP contribution in [0.5, 0.6) is 0 Å². The average Bonchev–Trinajstić information content (AvgIpc) is 3.81. The number of nitrogen functional groups attached to an aromatic ring is 1. The van der Waals surface area contributed by atoms with E-state index in [1.807, 2.05) is 11.0 Å². The molecule has 234 valence electrons. The monoisotopic (exact) mass is 619 g/mol. The predicted molar refractivity (Wildman–Crippen MR) is 162 cm³/mol. The van der Waals surface area contributed by atoms with E-state index < -0.39 is 17.6 Å². The van der Waals surface area contributed by atoms with Crippen LogP contribution in [0.1, 0.15) is 47.6 Å². The quantitative estimate of drug-likeness (QED) is 0.274. The number of piperidine rings is 1. The number of benzene rings is 1. The van der Waals surface area contributed by atoms with E-state index in [9.17, 15) is 22.8 Å². The second kappa shape index (κ2) is 12.3. The lowest BCUT2D eigenvalue weighted by Gasteiger charge is -2.32. The molecular formula is C31H32F3N9O2. The van der Waals surface area contributed by atoms with Crippen LogP contribution in [0, 0.1) is 0 Å². The van der Waals surface area contributed by atoms with E-state index in [0.717, 1.165) is 37.7 Å². The van der Waals surface area contributed by atoms with Crippen molar-refractivity contribution < 1.29 is 22.8 Å². The minimum absolute atomic E-state index is 0.0380. The SMILES string of the molecule is CN(CC=CC(=O)N1CCCC(n2nc(-c3ccc(C(=O)Nc4cc(C(F)(F)F)ccn4)cc3)c3c(N)ncnc32)C1)C1CC1. The number of carbonyl (C=O) groups is 2. The highest BCUT2D eigenvalue weighted by molar-refractivity contribution is 6.04. The fraction of sp³-hybridized carbons (Fsp3) is 0.355. The molecule has 45 heavy (non-hydrogen) atoms. The van der Waals surface area contributed by atoms with E-state index in [4.69, 9.17) is 10.8 Å². The van der Waals surface area contributed by atoms with Crippen LogP contribution in [0.15, 0.2) is 61.1 Å². The van der Waals surface area contributed by atoms with Gasteiger partial charge in [-0.1, -0.05) is 18.2 Å². The van der Waals surface area contributed by atoms with E-state index >= 15 is 0 Å². The molecule has 0 radical (unpaired) electrons. The zero-order valence-electron chi connectivity index (χ0n) is 24.5. The van der Waals surface area contributed by atoms with Gasteiger partial charge in [0.05, 0.1) is 17.0 Å². The first kappa shape index (κ1) is 30.2. The normalized spacial score (nSPS) is 17.4. The highest BCUT2D eigenvalue weighted by Gasteiger charge is 2.31. The first-order chi connectivity index (χ1) is 21.6. The molecule has 11 nitrogen and oxygen atoms in total. The van der Waals surface area contributed by atoms with Crippen LogP contribution in [0.4, 0.5) is 24.8 Å². The minimum atomic E-state index is -4.56. The number of aromatic nitrogens is 5. The Morgan fingerprint density at radius 3 is 2.62 bits per heavy atom. The molecule has 14 heteroatoms. The van der Waals surface area contributed by atoms with E-state index in [1.54, 1.807) is 22.9 Å². The van der Waals surface area contributed by atoms with Crippen LogP contribution in [0.2, 0.25) is 0 Å². The maximum absolute atomic E-state index is 13.1. The molecule has 1 saturated carbocycles. The second-order valence-electron chi connectivity index (χ2n) is 11.4. The van der Waals surface area contributed by atoms with Gasteiger partial charge in [0.2, 0.25) is 5.91 Å². The van der Waals surface area contributed by atoms with Gasteiger partial charge in [-0.2, -0.15) is 18.3 Å². The molecule has 2 amide bonds. The van der Waals surface area contributed by atoms with Crippen molar-refractivity contribution in [3.05, 3.63) is 72.2 Å². The Morgan fingerprint density at radius 1 is 1.11 bits per heavy atom. The third-order valence-corrected chi connectivity index (χ3v) is 8.15. The summed E-state index contributed by atoms with van der Waals surface area (Å²) in [5, 5.41) is 7.83. The zero-order chi connectivity index (χ0) is 31.7.